The molecule has 2 heterocycles. The van der Waals surface area contributed by atoms with Crippen molar-refractivity contribution in [2.24, 2.45) is 5.11 Å². The van der Waals surface area contributed by atoms with Gasteiger partial charge in [-0.1, -0.05) is 59.2 Å². The van der Waals surface area contributed by atoms with Crippen LogP contribution in [0.4, 0.5) is 4.79 Å². The largest absolute Gasteiger partial charge is 0.446 e. The van der Waals surface area contributed by atoms with E-state index in [1.165, 1.54) is 0 Å². The molecule has 2 atom stereocenters. The molecular weight excluding hydrogens is 420 g/mol. The lowest BCUT2D eigenvalue weighted by molar-refractivity contribution is -0.133. The summed E-state index contributed by atoms with van der Waals surface area (Å²) in [5.74, 6) is -0.578. The molecule has 0 spiro atoms. The number of ether oxygens (including phenoxy) is 2. The molecular formula is C22H21ClN4O4. The van der Waals surface area contributed by atoms with E-state index in [4.69, 9.17) is 21.1 Å². The summed E-state index contributed by atoms with van der Waals surface area (Å²) in [6.07, 6.45) is 0.182. The van der Waals surface area contributed by atoms with E-state index < -0.39 is 29.5 Å². The molecule has 2 fully saturated rings. The van der Waals surface area contributed by atoms with Crippen molar-refractivity contribution in [3.8, 4) is 0 Å². The molecule has 0 radical (unpaired) electrons. The molecule has 0 saturated carbocycles. The lowest BCUT2D eigenvalue weighted by atomic mass is 9.68. The summed E-state index contributed by atoms with van der Waals surface area (Å²) >= 11 is 6.07. The Bertz CT molecular complexity index is 1000. The first kappa shape index (κ1) is 21.2. The summed E-state index contributed by atoms with van der Waals surface area (Å²) in [7, 11) is 0. The van der Waals surface area contributed by atoms with Crippen molar-refractivity contribution in [3.63, 3.8) is 0 Å². The molecule has 2 aliphatic heterocycles. The number of carbonyl (C=O) groups excluding carboxylic acids is 2. The first-order valence-electron chi connectivity index (χ1n) is 9.99. The monoisotopic (exact) mass is 440 g/mol. The average Bonchev–Trinajstić information content (AvgIpc) is 3.20. The van der Waals surface area contributed by atoms with E-state index in [1.807, 2.05) is 42.5 Å². The minimum absolute atomic E-state index is 0.0502. The minimum Gasteiger partial charge on any atom is -0.446 e. The smallest absolute Gasteiger partial charge is 0.417 e. The van der Waals surface area contributed by atoms with E-state index in [9.17, 15) is 15.1 Å². The van der Waals surface area contributed by atoms with Gasteiger partial charge in [0.15, 0.2) is 0 Å². The summed E-state index contributed by atoms with van der Waals surface area (Å²) in [6, 6.07) is 14.6. The lowest BCUT2D eigenvalue weighted by Crippen LogP contribution is -2.52. The van der Waals surface area contributed by atoms with Gasteiger partial charge < -0.3 is 9.47 Å². The normalized spacial score (nSPS) is 21.1. The molecule has 4 rings (SSSR count). The summed E-state index contributed by atoms with van der Waals surface area (Å²) in [5.41, 5.74) is 10.1. The third-order valence-corrected chi connectivity index (χ3v) is 6.28. The Morgan fingerprint density at radius 3 is 2.48 bits per heavy atom. The van der Waals surface area contributed by atoms with Crippen molar-refractivity contribution < 1.29 is 19.1 Å². The van der Waals surface area contributed by atoms with Gasteiger partial charge in [-0.25, -0.2) is 9.69 Å². The van der Waals surface area contributed by atoms with Crippen LogP contribution in [0.15, 0.2) is 59.7 Å². The molecule has 9 heteroatoms. The average molecular weight is 441 g/mol. The fourth-order valence-electron chi connectivity index (χ4n) is 4.40. The van der Waals surface area contributed by atoms with Crippen LogP contribution in [0.2, 0.25) is 5.02 Å². The first-order chi connectivity index (χ1) is 15.1. The number of imide groups is 1. The van der Waals surface area contributed by atoms with Gasteiger partial charge in [-0.2, -0.15) is 0 Å². The number of benzene rings is 2. The number of amides is 2. The van der Waals surface area contributed by atoms with Crippen LogP contribution in [-0.2, 0) is 19.7 Å². The third-order valence-electron chi connectivity index (χ3n) is 6.02. The van der Waals surface area contributed by atoms with Gasteiger partial charge in [-0.15, -0.1) is 0 Å². The second kappa shape index (κ2) is 8.98. The zero-order valence-electron chi connectivity index (χ0n) is 16.7. The van der Waals surface area contributed by atoms with Crippen LogP contribution in [0.25, 0.3) is 10.4 Å². The quantitative estimate of drug-likeness (QED) is 0.378. The number of cyclic esters (lactones) is 1. The van der Waals surface area contributed by atoms with Gasteiger partial charge in [0.05, 0.1) is 0 Å². The Labute approximate surface area is 184 Å². The van der Waals surface area contributed by atoms with Gasteiger partial charge >= 0.3 is 6.09 Å². The summed E-state index contributed by atoms with van der Waals surface area (Å²) in [6.45, 7) is 0.856. The minimum atomic E-state index is -1.14. The zero-order chi connectivity index (χ0) is 21.8. The standard InChI is InChI=1S/C22H21ClN4O4/c23-17-8-6-16(7-9-17)22(10-12-30-13-11-22)19(25-26-24)20(28)27-18(14-31-21(27)29)15-4-2-1-3-5-15/h1-9,18-19H,10-14H2/t18-,19-/m1/s1. The molecule has 31 heavy (non-hydrogen) atoms. The van der Waals surface area contributed by atoms with E-state index in [1.54, 1.807) is 12.1 Å². The fourth-order valence-corrected chi connectivity index (χ4v) is 4.53. The van der Waals surface area contributed by atoms with Crippen molar-refractivity contribution in [2.45, 2.75) is 30.3 Å². The van der Waals surface area contributed by atoms with Crippen molar-refractivity contribution in [1.82, 2.24) is 4.90 Å². The number of hydrogen-bond donors (Lipinski definition) is 0. The predicted octanol–water partition coefficient (Wildman–Crippen LogP) is 4.79. The van der Waals surface area contributed by atoms with Crippen molar-refractivity contribution in [1.29, 1.82) is 0 Å². The van der Waals surface area contributed by atoms with Crippen molar-refractivity contribution in [2.75, 3.05) is 19.8 Å². The van der Waals surface area contributed by atoms with Crippen LogP contribution >= 0.6 is 11.6 Å². The molecule has 2 saturated heterocycles. The maximum atomic E-state index is 13.8. The van der Waals surface area contributed by atoms with Crippen LogP contribution in [0, 0.1) is 0 Å². The van der Waals surface area contributed by atoms with Gasteiger partial charge in [-0.05, 0) is 41.6 Å². The predicted molar refractivity (Wildman–Crippen MR) is 113 cm³/mol. The van der Waals surface area contributed by atoms with Crippen LogP contribution in [0.5, 0.6) is 0 Å². The SMILES string of the molecule is [N-]=[N+]=N[C@H](C(=O)N1C(=O)OC[C@@H]1c1ccccc1)C1(c2ccc(Cl)cc2)CCOCC1. The van der Waals surface area contributed by atoms with Crippen LogP contribution in [0.1, 0.15) is 30.0 Å². The highest BCUT2D eigenvalue weighted by Gasteiger charge is 2.50. The Kier molecular flexibility index (Phi) is 6.13. The highest BCUT2D eigenvalue weighted by molar-refractivity contribution is 6.30. The van der Waals surface area contributed by atoms with Gasteiger partial charge in [0, 0.05) is 28.6 Å². The lowest BCUT2D eigenvalue weighted by Gasteiger charge is -2.42. The molecule has 0 aliphatic carbocycles. The van der Waals surface area contributed by atoms with E-state index in [-0.39, 0.29) is 6.61 Å². The number of hydrogen-bond acceptors (Lipinski definition) is 5. The Balaban J connectivity index is 1.77. The van der Waals surface area contributed by atoms with Gasteiger partial charge in [0.1, 0.15) is 18.7 Å². The maximum absolute atomic E-state index is 13.8. The Hall–Kier alpha value is -3.06. The van der Waals surface area contributed by atoms with Gasteiger partial charge in [-0.3, -0.25) is 4.79 Å². The van der Waals surface area contributed by atoms with E-state index in [0.29, 0.717) is 31.1 Å². The maximum Gasteiger partial charge on any atom is 0.417 e. The third kappa shape index (κ3) is 3.97. The Morgan fingerprint density at radius 1 is 1.16 bits per heavy atom. The van der Waals surface area contributed by atoms with Crippen molar-refractivity contribution >= 4 is 23.6 Å². The first-order valence-corrected chi connectivity index (χ1v) is 10.4. The summed E-state index contributed by atoms with van der Waals surface area (Å²) < 4.78 is 10.8. The molecule has 0 aromatic heterocycles. The molecule has 0 unspecified atom stereocenters. The van der Waals surface area contributed by atoms with Crippen LogP contribution in [-0.4, -0.2) is 42.8 Å². The Morgan fingerprint density at radius 2 is 1.84 bits per heavy atom. The fraction of sp³-hybridized carbons (Fsp3) is 0.364. The van der Waals surface area contributed by atoms with E-state index >= 15 is 0 Å². The molecule has 0 N–H and O–H groups in total. The van der Waals surface area contributed by atoms with Crippen LogP contribution < -0.4 is 0 Å². The van der Waals surface area contributed by atoms with Crippen LogP contribution in [0.3, 0.4) is 0 Å². The van der Waals surface area contributed by atoms with Gasteiger partial charge in [0.25, 0.3) is 0 Å². The molecule has 0 bridgehead atoms. The highest BCUT2D eigenvalue weighted by atomic mass is 35.5. The molecule has 2 aromatic carbocycles. The summed E-state index contributed by atoms with van der Waals surface area (Å²) in [4.78, 5) is 30.4. The van der Waals surface area contributed by atoms with Gasteiger partial charge in [0.2, 0.25) is 5.91 Å². The second-order valence-corrected chi connectivity index (χ2v) is 8.03. The second-order valence-electron chi connectivity index (χ2n) is 7.59. The molecule has 2 aromatic rings. The number of carbonyl (C=O) groups is 2. The molecule has 8 nitrogen and oxygen atoms in total. The highest BCUT2D eigenvalue weighted by Crippen LogP contribution is 2.42. The van der Waals surface area contributed by atoms with E-state index in [2.05, 4.69) is 10.0 Å². The van der Waals surface area contributed by atoms with Crippen molar-refractivity contribution in [3.05, 3.63) is 81.2 Å². The number of azide groups is 1. The molecule has 2 amide bonds. The van der Waals surface area contributed by atoms with E-state index in [0.717, 1.165) is 16.0 Å². The number of halogens is 1. The molecule has 2 aliphatic rings. The zero-order valence-corrected chi connectivity index (χ0v) is 17.4. The summed E-state index contributed by atoms with van der Waals surface area (Å²) in [5, 5.41) is 4.48. The number of rotatable bonds is 5. The number of nitrogens with zero attached hydrogens (tertiary/aromatic N) is 4. The topological polar surface area (TPSA) is 105 Å². The molecule has 160 valence electrons.